The van der Waals surface area contributed by atoms with E-state index in [-0.39, 0.29) is 33.7 Å². The fraction of sp³-hybridized carbons (Fsp3) is 0.867. The van der Waals surface area contributed by atoms with Gasteiger partial charge in [-0.1, -0.05) is 20.8 Å². The minimum atomic E-state index is -4.34. The number of amides is 1. The van der Waals surface area contributed by atoms with Crippen molar-refractivity contribution in [2.75, 3.05) is 6.54 Å². The van der Waals surface area contributed by atoms with Crippen LogP contribution < -0.4 is 21.5 Å². The Bertz CT molecular complexity index is 540. The molecule has 0 saturated carbocycles. The van der Waals surface area contributed by atoms with Crippen LogP contribution in [0.2, 0.25) is 0 Å². The summed E-state index contributed by atoms with van der Waals surface area (Å²) in [6.45, 7) is 6.36. The van der Waals surface area contributed by atoms with Crippen molar-refractivity contribution in [1.82, 2.24) is 21.5 Å². The van der Waals surface area contributed by atoms with E-state index in [1.807, 2.05) is 20.8 Å². The lowest BCUT2D eigenvalue weighted by Gasteiger charge is -2.21. The molecule has 2 heterocycles. The highest BCUT2D eigenvalue weighted by Gasteiger charge is 2.44. The zero-order valence-corrected chi connectivity index (χ0v) is 16.5. The summed E-state index contributed by atoms with van der Waals surface area (Å²) < 4.78 is 38.2. The maximum Gasteiger partial charge on any atom is 0.405 e. The molecule has 2 fully saturated rings. The molecule has 2 saturated heterocycles. The smallest absolute Gasteiger partial charge is 0.339 e. The van der Waals surface area contributed by atoms with Gasteiger partial charge in [0.2, 0.25) is 5.91 Å². The Hall–Kier alpha value is -0.710. The molecule has 0 aliphatic carbocycles. The highest BCUT2D eigenvalue weighted by atomic mass is 35.5. The predicted octanol–water partition coefficient (Wildman–Crippen LogP) is 2.31. The number of thioether (sulfide) groups is 1. The number of nitrogens with zero attached hydrogens (tertiary/aromatic N) is 1. The topological polar surface area (TPSA) is 77.5 Å². The third-order valence-electron chi connectivity index (χ3n) is 3.82. The van der Waals surface area contributed by atoms with Gasteiger partial charge >= 0.3 is 6.18 Å². The molecule has 0 aromatic carbocycles. The summed E-state index contributed by atoms with van der Waals surface area (Å²) >= 11 is 7.40. The van der Waals surface area contributed by atoms with Crippen molar-refractivity contribution < 1.29 is 18.0 Å². The van der Waals surface area contributed by atoms with Gasteiger partial charge in [0.1, 0.15) is 6.04 Å². The molecule has 150 valence electrons. The molecule has 6 nitrogen and oxygen atoms in total. The van der Waals surface area contributed by atoms with Gasteiger partial charge in [0, 0.05) is 13.0 Å². The maximum atomic E-state index is 12.8. The van der Waals surface area contributed by atoms with Crippen LogP contribution in [0.25, 0.3) is 0 Å². The summed E-state index contributed by atoms with van der Waals surface area (Å²) in [7, 11) is 0. The number of aliphatic imine (C=N–C) groups is 1. The predicted molar refractivity (Wildman–Crippen MR) is 97.8 cm³/mol. The Morgan fingerprint density at radius 2 is 1.96 bits per heavy atom. The van der Waals surface area contributed by atoms with Crippen LogP contribution in [0.15, 0.2) is 4.99 Å². The fourth-order valence-corrected chi connectivity index (χ4v) is 4.04. The largest absolute Gasteiger partial charge is 0.405 e. The number of carbonyl (C=O) groups is 1. The lowest BCUT2D eigenvalue weighted by atomic mass is 9.97. The van der Waals surface area contributed by atoms with E-state index in [2.05, 4.69) is 26.5 Å². The molecule has 0 spiro atoms. The molecule has 0 aromatic rings. The van der Waals surface area contributed by atoms with Gasteiger partial charge in [-0.05, 0) is 18.3 Å². The summed E-state index contributed by atoms with van der Waals surface area (Å²) in [4.78, 5) is 16.8. The van der Waals surface area contributed by atoms with Gasteiger partial charge in [-0.25, -0.2) is 10.9 Å². The van der Waals surface area contributed by atoms with Crippen LogP contribution in [-0.2, 0) is 4.79 Å². The molecule has 26 heavy (non-hydrogen) atoms. The normalized spacial score (nSPS) is 30.5. The number of hydrazine groups is 1. The van der Waals surface area contributed by atoms with E-state index in [9.17, 15) is 18.0 Å². The van der Waals surface area contributed by atoms with E-state index in [0.717, 1.165) is 6.42 Å². The second-order valence-corrected chi connectivity index (χ2v) is 9.84. The van der Waals surface area contributed by atoms with E-state index < -0.39 is 18.4 Å². The van der Waals surface area contributed by atoms with Crippen molar-refractivity contribution >= 4 is 35.2 Å². The van der Waals surface area contributed by atoms with Gasteiger partial charge in [-0.3, -0.25) is 15.1 Å². The number of hydrogen-bond acceptors (Lipinski definition) is 5. The second kappa shape index (κ2) is 8.53. The molecule has 4 unspecified atom stereocenters. The van der Waals surface area contributed by atoms with Gasteiger partial charge in [0.05, 0.1) is 16.1 Å². The average molecular weight is 416 g/mol. The van der Waals surface area contributed by atoms with Gasteiger partial charge in [0.15, 0.2) is 5.96 Å². The fourth-order valence-electron chi connectivity index (χ4n) is 2.45. The molecule has 2 aliphatic rings. The summed E-state index contributed by atoms with van der Waals surface area (Å²) in [5.41, 5.74) is 4.63. The first-order valence-corrected chi connectivity index (χ1v) is 9.81. The Morgan fingerprint density at radius 3 is 2.46 bits per heavy atom. The van der Waals surface area contributed by atoms with Crippen LogP contribution in [0.5, 0.6) is 0 Å². The number of carbonyl (C=O) groups excluding carboxylic acids is 1. The zero-order valence-electron chi connectivity index (χ0n) is 14.9. The molecular weight excluding hydrogens is 391 g/mol. The summed E-state index contributed by atoms with van der Waals surface area (Å²) in [5.74, 6) is -0.0673. The highest BCUT2D eigenvalue weighted by Crippen LogP contribution is 2.36. The van der Waals surface area contributed by atoms with Gasteiger partial charge in [-0.2, -0.15) is 13.2 Å². The second-order valence-electron chi connectivity index (χ2n) is 7.64. The summed E-state index contributed by atoms with van der Waals surface area (Å²) in [5, 5.41) is 5.28. The SMILES string of the molecule is CC(C)(C)CN=C(NC(=O)C1CCC(Cl)S1)NC1CC(C(F)(F)F)NN1. The van der Waals surface area contributed by atoms with E-state index >= 15 is 0 Å². The molecule has 2 aliphatic heterocycles. The Kier molecular flexibility index (Phi) is 7.09. The first kappa shape index (κ1) is 21.6. The maximum absolute atomic E-state index is 12.8. The molecule has 1 amide bonds. The minimum Gasteiger partial charge on any atom is -0.339 e. The molecule has 11 heteroatoms. The van der Waals surface area contributed by atoms with E-state index in [4.69, 9.17) is 11.6 Å². The van der Waals surface area contributed by atoms with Crippen LogP contribution >= 0.6 is 23.4 Å². The first-order valence-electron chi connectivity index (χ1n) is 8.43. The van der Waals surface area contributed by atoms with Crippen molar-refractivity contribution in [3.63, 3.8) is 0 Å². The molecule has 0 radical (unpaired) electrons. The molecule has 0 bridgehead atoms. The van der Waals surface area contributed by atoms with Gasteiger partial charge < -0.3 is 5.32 Å². The van der Waals surface area contributed by atoms with Crippen LogP contribution in [0.3, 0.4) is 0 Å². The molecule has 0 aromatic heterocycles. The summed E-state index contributed by atoms with van der Waals surface area (Å²) in [6.07, 6.45) is -3.84. The third-order valence-corrected chi connectivity index (χ3v) is 5.66. The van der Waals surface area contributed by atoms with Crippen LogP contribution in [-0.4, -0.2) is 46.8 Å². The van der Waals surface area contributed by atoms with Crippen molar-refractivity contribution in [3.8, 4) is 0 Å². The number of alkyl halides is 4. The summed E-state index contributed by atoms with van der Waals surface area (Å²) in [6, 6.07) is -1.65. The van der Waals surface area contributed by atoms with Crippen molar-refractivity contribution in [2.45, 2.75) is 68.4 Å². The molecule has 4 N–H and O–H groups in total. The van der Waals surface area contributed by atoms with E-state index in [1.54, 1.807) is 0 Å². The quantitative estimate of drug-likeness (QED) is 0.323. The van der Waals surface area contributed by atoms with Gasteiger partial charge in [-0.15, -0.1) is 23.4 Å². The Labute approximate surface area is 160 Å². The van der Waals surface area contributed by atoms with Crippen LogP contribution in [0.1, 0.15) is 40.0 Å². The van der Waals surface area contributed by atoms with Gasteiger partial charge in [0.25, 0.3) is 0 Å². The van der Waals surface area contributed by atoms with Crippen LogP contribution in [0.4, 0.5) is 13.2 Å². The number of nitrogens with one attached hydrogen (secondary N) is 4. The van der Waals surface area contributed by atoms with E-state index in [1.165, 1.54) is 11.8 Å². The third kappa shape index (κ3) is 6.79. The van der Waals surface area contributed by atoms with E-state index in [0.29, 0.717) is 13.0 Å². The van der Waals surface area contributed by atoms with Crippen molar-refractivity contribution in [3.05, 3.63) is 0 Å². The standard InChI is InChI=1S/C15H25ClF3N5OS/c1-14(2,3)7-20-13(22-12(25)8-4-5-10(16)26-8)21-11-6-9(23-24-11)15(17,18)19/h8-11,23-24H,4-7H2,1-3H3,(H2,20,21,22,25). The highest BCUT2D eigenvalue weighted by molar-refractivity contribution is 8.02. The number of halogens is 4. The molecular formula is C15H25ClF3N5OS. The van der Waals surface area contributed by atoms with Crippen molar-refractivity contribution in [1.29, 1.82) is 0 Å². The minimum absolute atomic E-state index is 0.0954. The lowest BCUT2D eigenvalue weighted by molar-refractivity contribution is -0.153. The zero-order chi connectivity index (χ0) is 19.5. The average Bonchev–Trinajstić information content (AvgIpc) is 3.12. The molecule has 4 atom stereocenters. The lowest BCUT2D eigenvalue weighted by Crippen LogP contribution is -2.52. The number of guanidine groups is 1. The molecule has 2 rings (SSSR count). The monoisotopic (exact) mass is 415 g/mol. The Morgan fingerprint density at radius 1 is 1.27 bits per heavy atom. The van der Waals surface area contributed by atoms with Crippen molar-refractivity contribution in [2.24, 2.45) is 10.4 Å². The number of hydrogen-bond donors (Lipinski definition) is 4. The number of rotatable bonds is 3. The first-order chi connectivity index (χ1) is 11.9. The van der Waals surface area contributed by atoms with Crippen LogP contribution in [0, 0.1) is 5.41 Å². The Balaban J connectivity index is 1.99.